The van der Waals surface area contributed by atoms with Crippen LogP contribution in [0.5, 0.6) is 0 Å². The Morgan fingerprint density at radius 2 is 1.73 bits per heavy atom. The Bertz CT molecular complexity index is 1010. The maximum absolute atomic E-state index is 12.8. The zero-order valence-electron chi connectivity index (χ0n) is 14.4. The van der Waals surface area contributed by atoms with E-state index in [1.54, 1.807) is 19.2 Å². The predicted molar refractivity (Wildman–Crippen MR) is 103 cm³/mol. The van der Waals surface area contributed by atoms with Gasteiger partial charge in [-0.3, -0.25) is 9.36 Å². The third-order valence-corrected chi connectivity index (χ3v) is 5.16. The molecular weight excluding hydrogens is 352 g/mol. The van der Waals surface area contributed by atoms with Crippen molar-refractivity contribution >= 4 is 34.2 Å². The highest BCUT2D eigenvalue weighted by Crippen LogP contribution is 2.20. The van der Waals surface area contributed by atoms with E-state index in [1.807, 2.05) is 35.2 Å². The lowest BCUT2D eigenvalue weighted by Gasteiger charge is -2.36. The lowest BCUT2D eigenvalue weighted by atomic mass is 10.1. The first kappa shape index (κ1) is 16.7. The van der Waals surface area contributed by atoms with Crippen molar-refractivity contribution in [3.63, 3.8) is 0 Å². The van der Waals surface area contributed by atoms with Crippen LogP contribution in [0, 0.1) is 0 Å². The third-order valence-electron chi connectivity index (χ3n) is 4.91. The van der Waals surface area contributed by atoms with Crippen LogP contribution in [0.4, 0.5) is 5.69 Å². The van der Waals surface area contributed by atoms with Crippen molar-refractivity contribution in [2.75, 3.05) is 31.1 Å². The molecule has 0 saturated carbocycles. The number of piperazine rings is 1. The Hall–Kier alpha value is -2.73. The summed E-state index contributed by atoms with van der Waals surface area (Å²) in [4.78, 5) is 31.4. The quantitative estimate of drug-likeness (QED) is 0.753. The second kappa shape index (κ2) is 6.53. The lowest BCUT2D eigenvalue weighted by Crippen LogP contribution is -2.48. The van der Waals surface area contributed by atoms with Gasteiger partial charge in [-0.15, -0.1) is 0 Å². The Morgan fingerprint density at radius 3 is 2.42 bits per heavy atom. The molecule has 0 bridgehead atoms. The third kappa shape index (κ3) is 2.97. The molecule has 0 atom stereocenters. The van der Waals surface area contributed by atoms with Crippen LogP contribution in [0.25, 0.3) is 11.0 Å². The number of anilines is 1. The Labute approximate surface area is 155 Å². The molecule has 2 heterocycles. The fourth-order valence-corrected chi connectivity index (χ4v) is 3.50. The number of imidazole rings is 1. The van der Waals surface area contributed by atoms with Gasteiger partial charge < -0.3 is 14.8 Å². The number of aromatic nitrogens is 2. The van der Waals surface area contributed by atoms with Crippen molar-refractivity contribution in [2.45, 2.75) is 0 Å². The summed E-state index contributed by atoms with van der Waals surface area (Å²) in [6.07, 6.45) is 0. The molecule has 3 aromatic rings. The van der Waals surface area contributed by atoms with Crippen molar-refractivity contribution in [2.24, 2.45) is 7.05 Å². The van der Waals surface area contributed by atoms with Crippen LogP contribution in [-0.2, 0) is 7.05 Å². The maximum atomic E-state index is 12.8. The number of halogens is 1. The van der Waals surface area contributed by atoms with Crippen LogP contribution in [0.15, 0.2) is 47.3 Å². The number of benzene rings is 2. The number of rotatable bonds is 2. The fourth-order valence-electron chi connectivity index (χ4n) is 3.37. The number of carbonyl (C=O) groups excluding carboxylic acids is 1. The first-order chi connectivity index (χ1) is 12.5. The molecular formula is C19H19ClN4O2. The van der Waals surface area contributed by atoms with Crippen LogP contribution >= 0.6 is 11.6 Å². The second-order valence-electron chi connectivity index (χ2n) is 6.48. The van der Waals surface area contributed by atoms with E-state index in [0.717, 1.165) is 29.3 Å². The van der Waals surface area contributed by atoms with Crippen LogP contribution in [0.1, 0.15) is 10.4 Å². The summed E-state index contributed by atoms with van der Waals surface area (Å²) in [5.41, 5.74) is 3.01. The molecule has 0 radical (unpaired) electrons. The van der Waals surface area contributed by atoms with Crippen molar-refractivity contribution in [1.82, 2.24) is 14.5 Å². The van der Waals surface area contributed by atoms with Gasteiger partial charge >= 0.3 is 5.69 Å². The number of hydrogen-bond acceptors (Lipinski definition) is 3. The van der Waals surface area contributed by atoms with E-state index < -0.39 is 0 Å². The predicted octanol–water partition coefficient (Wildman–Crippen LogP) is 2.48. The highest BCUT2D eigenvalue weighted by molar-refractivity contribution is 6.30. The summed E-state index contributed by atoms with van der Waals surface area (Å²) in [6, 6.07) is 13.1. The molecule has 7 heteroatoms. The molecule has 1 saturated heterocycles. The van der Waals surface area contributed by atoms with Gasteiger partial charge in [-0.2, -0.15) is 0 Å². The number of nitrogens with zero attached hydrogens (tertiary/aromatic N) is 3. The monoisotopic (exact) mass is 370 g/mol. The van der Waals surface area contributed by atoms with E-state index in [4.69, 9.17) is 11.6 Å². The molecule has 1 N–H and O–H groups in total. The van der Waals surface area contributed by atoms with E-state index >= 15 is 0 Å². The molecule has 1 amide bonds. The highest BCUT2D eigenvalue weighted by atomic mass is 35.5. The van der Waals surface area contributed by atoms with E-state index in [2.05, 4.69) is 9.88 Å². The SMILES string of the molecule is Cn1c(=O)[nH]c2cc(C(=O)N3CCN(c4ccc(Cl)cc4)CC3)ccc21. The topological polar surface area (TPSA) is 61.3 Å². The summed E-state index contributed by atoms with van der Waals surface area (Å²) >= 11 is 5.94. The molecule has 26 heavy (non-hydrogen) atoms. The van der Waals surface area contributed by atoms with Gasteiger partial charge in [0.2, 0.25) is 0 Å². The molecule has 1 aliphatic heterocycles. The minimum atomic E-state index is -0.179. The minimum Gasteiger partial charge on any atom is -0.368 e. The number of carbonyl (C=O) groups is 1. The molecule has 0 spiro atoms. The smallest absolute Gasteiger partial charge is 0.326 e. The summed E-state index contributed by atoms with van der Waals surface area (Å²) < 4.78 is 1.54. The van der Waals surface area contributed by atoms with Crippen LogP contribution in [0.2, 0.25) is 5.02 Å². The molecule has 1 aromatic heterocycles. The average Bonchev–Trinajstić information content (AvgIpc) is 2.95. The van der Waals surface area contributed by atoms with Crippen molar-refractivity contribution in [3.8, 4) is 0 Å². The number of aryl methyl sites for hydroxylation is 1. The molecule has 0 unspecified atom stereocenters. The van der Waals surface area contributed by atoms with E-state index in [9.17, 15) is 9.59 Å². The highest BCUT2D eigenvalue weighted by Gasteiger charge is 2.22. The molecule has 1 aliphatic rings. The number of aromatic amines is 1. The molecule has 4 rings (SSSR count). The van der Waals surface area contributed by atoms with Gasteiger partial charge in [0.15, 0.2) is 0 Å². The van der Waals surface area contributed by atoms with E-state index in [-0.39, 0.29) is 11.6 Å². The Balaban J connectivity index is 1.48. The number of amides is 1. The molecule has 134 valence electrons. The van der Waals surface area contributed by atoms with Gasteiger partial charge in [0.1, 0.15) is 0 Å². The van der Waals surface area contributed by atoms with Crippen LogP contribution in [-0.4, -0.2) is 46.5 Å². The standard InChI is InChI=1S/C19H19ClN4O2/c1-22-17-7-2-13(12-16(17)21-19(22)26)18(25)24-10-8-23(9-11-24)15-5-3-14(20)4-6-15/h2-7,12H,8-11H2,1H3,(H,21,26). The largest absolute Gasteiger partial charge is 0.368 e. The van der Waals surface area contributed by atoms with E-state index in [1.165, 1.54) is 4.57 Å². The van der Waals surface area contributed by atoms with Gasteiger partial charge in [-0.25, -0.2) is 4.79 Å². The summed E-state index contributed by atoms with van der Waals surface area (Å²) in [7, 11) is 1.71. The van der Waals surface area contributed by atoms with Gasteiger partial charge in [0, 0.05) is 49.5 Å². The second-order valence-corrected chi connectivity index (χ2v) is 6.91. The summed E-state index contributed by atoms with van der Waals surface area (Å²) in [5, 5.41) is 0.719. The van der Waals surface area contributed by atoms with Crippen LogP contribution < -0.4 is 10.6 Å². The zero-order valence-corrected chi connectivity index (χ0v) is 15.2. The van der Waals surface area contributed by atoms with Crippen molar-refractivity contribution in [3.05, 3.63) is 63.5 Å². The average molecular weight is 371 g/mol. The van der Waals surface area contributed by atoms with Crippen LogP contribution in [0.3, 0.4) is 0 Å². The molecule has 2 aromatic carbocycles. The van der Waals surface area contributed by atoms with Gasteiger partial charge in [0.25, 0.3) is 5.91 Å². The number of fused-ring (bicyclic) bond motifs is 1. The first-order valence-electron chi connectivity index (χ1n) is 8.51. The number of nitrogens with one attached hydrogen (secondary N) is 1. The van der Waals surface area contributed by atoms with E-state index in [0.29, 0.717) is 24.2 Å². The van der Waals surface area contributed by atoms with Gasteiger partial charge in [-0.1, -0.05) is 11.6 Å². The molecule has 0 aliphatic carbocycles. The van der Waals surface area contributed by atoms with Gasteiger partial charge in [0.05, 0.1) is 11.0 Å². The maximum Gasteiger partial charge on any atom is 0.326 e. The molecule has 1 fully saturated rings. The Morgan fingerprint density at radius 1 is 1.04 bits per heavy atom. The number of hydrogen-bond donors (Lipinski definition) is 1. The minimum absolute atomic E-state index is 0.00708. The summed E-state index contributed by atoms with van der Waals surface area (Å²) in [6.45, 7) is 2.87. The number of H-pyrrole nitrogens is 1. The molecule has 6 nitrogen and oxygen atoms in total. The lowest BCUT2D eigenvalue weighted by molar-refractivity contribution is 0.0747. The van der Waals surface area contributed by atoms with Crippen molar-refractivity contribution < 1.29 is 4.79 Å². The van der Waals surface area contributed by atoms with Crippen molar-refractivity contribution in [1.29, 1.82) is 0 Å². The van der Waals surface area contributed by atoms with Gasteiger partial charge in [-0.05, 0) is 42.5 Å². The first-order valence-corrected chi connectivity index (χ1v) is 8.89. The zero-order chi connectivity index (χ0) is 18.3. The summed E-state index contributed by atoms with van der Waals surface area (Å²) in [5.74, 6) is -0.00708. The Kier molecular flexibility index (Phi) is 4.20. The normalized spacial score (nSPS) is 14.8. The fraction of sp³-hybridized carbons (Fsp3) is 0.263.